The first-order chi connectivity index (χ1) is 8.06. The first-order valence-corrected chi connectivity index (χ1v) is 5.70. The van der Waals surface area contributed by atoms with Crippen LogP contribution in [0.15, 0.2) is 24.3 Å². The van der Waals surface area contributed by atoms with Gasteiger partial charge < -0.3 is 10.6 Å². The van der Waals surface area contributed by atoms with Gasteiger partial charge in [0.2, 0.25) is 5.91 Å². The topological polar surface area (TPSA) is 58.2 Å². The summed E-state index contributed by atoms with van der Waals surface area (Å²) < 4.78 is 0. The largest absolute Gasteiger partial charge is 0.355 e. The van der Waals surface area contributed by atoms with E-state index in [4.69, 9.17) is 0 Å². The zero-order valence-electron chi connectivity index (χ0n) is 10.4. The highest BCUT2D eigenvalue weighted by Crippen LogP contribution is 2.06. The third kappa shape index (κ3) is 3.59. The van der Waals surface area contributed by atoms with E-state index in [1.807, 2.05) is 26.0 Å². The Kier molecular flexibility index (Phi) is 4.69. The molecular formula is C13H18N2O2. The van der Waals surface area contributed by atoms with Gasteiger partial charge in [0.1, 0.15) is 6.04 Å². The average Bonchev–Trinajstić information content (AvgIpc) is 2.29. The summed E-state index contributed by atoms with van der Waals surface area (Å²) >= 11 is 0. The van der Waals surface area contributed by atoms with Crippen molar-refractivity contribution in [1.29, 1.82) is 0 Å². The SMILES string of the molecule is CCNC(=O)[C@@H](C)NC(=O)c1ccccc1C. The molecule has 1 atom stereocenters. The Bertz CT molecular complexity index is 416. The summed E-state index contributed by atoms with van der Waals surface area (Å²) in [5, 5.41) is 5.33. The maximum atomic E-state index is 11.9. The molecule has 1 rings (SSSR count). The molecule has 4 nitrogen and oxygen atoms in total. The van der Waals surface area contributed by atoms with Gasteiger partial charge in [0.05, 0.1) is 0 Å². The molecule has 17 heavy (non-hydrogen) atoms. The summed E-state index contributed by atoms with van der Waals surface area (Å²) in [4.78, 5) is 23.4. The van der Waals surface area contributed by atoms with Gasteiger partial charge >= 0.3 is 0 Å². The Morgan fingerprint density at radius 3 is 2.53 bits per heavy atom. The Balaban J connectivity index is 2.67. The lowest BCUT2D eigenvalue weighted by Gasteiger charge is -2.14. The molecule has 2 N–H and O–H groups in total. The molecule has 0 radical (unpaired) electrons. The molecule has 0 aliphatic carbocycles. The molecule has 0 saturated heterocycles. The first kappa shape index (κ1) is 13.2. The highest BCUT2D eigenvalue weighted by Gasteiger charge is 2.16. The van der Waals surface area contributed by atoms with Crippen molar-refractivity contribution in [3.63, 3.8) is 0 Å². The number of hydrogen-bond acceptors (Lipinski definition) is 2. The zero-order chi connectivity index (χ0) is 12.8. The van der Waals surface area contributed by atoms with Gasteiger partial charge in [-0.05, 0) is 32.4 Å². The van der Waals surface area contributed by atoms with Crippen LogP contribution in [0.4, 0.5) is 0 Å². The van der Waals surface area contributed by atoms with Gasteiger partial charge in [-0.1, -0.05) is 18.2 Å². The number of nitrogens with one attached hydrogen (secondary N) is 2. The molecule has 0 aromatic heterocycles. The van der Waals surface area contributed by atoms with Gasteiger partial charge in [0, 0.05) is 12.1 Å². The number of likely N-dealkylation sites (N-methyl/N-ethyl adjacent to an activating group) is 1. The van der Waals surface area contributed by atoms with Gasteiger partial charge in [-0.15, -0.1) is 0 Å². The number of carbonyl (C=O) groups excluding carboxylic acids is 2. The van der Waals surface area contributed by atoms with Crippen molar-refractivity contribution < 1.29 is 9.59 Å². The zero-order valence-corrected chi connectivity index (χ0v) is 10.4. The van der Waals surface area contributed by atoms with Crippen LogP contribution in [0.25, 0.3) is 0 Å². The quantitative estimate of drug-likeness (QED) is 0.823. The Hall–Kier alpha value is -1.84. The van der Waals surface area contributed by atoms with E-state index in [2.05, 4.69) is 10.6 Å². The number of hydrogen-bond donors (Lipinski definition) is 2. The standard InChI is InChI=1S/C13H18N2O2/c1-4-14-12(16)10(3)15-13(17)11-8-6-5-7-9(11)2/h5-8,10H,4H2,1-3H3,(H,14,16)(H,15,17)/t10-/m1/s1. The second kappa shape index (κ2) is 6.03. The number of rotatable bonds is 4. The van der Waals surface area contributed by atoms with Crippen LogP contribution in [0.5, 0.6) is 0 Å². The van der Waals surface area contributed by atoms with Crippen LogP contribution in [0.1, 0.15) is 29.8 Å². The third-order valence-electron chi connectivity index (χ3n) is 2.48. The predicted octanol–water partition coefficient (Wildman–Crippen LogP) is 1.25. The van der Waals surface area contributed by atoms with Crippen molar-refractivity contribution in [2.24, 2.45) is 0 Å². The third-order valence-corrected chi connectivity index (χ3v) is 2.48. The minimum atomic E-state index is -0.526. The van der Waals surface area contributed by atoms with E-state index in [9.17, 15) is 9.59 Å². The molecule has 0 saturated carbocycles. The summed E-state index contributed by atoms with van der Waals surface area (Å²) in [6, 6.07) is 6.76. The normalized spacial score (nSPS) is 11.7. The van der Waals surface area contributed by atoms with Crippen molar-refractivity contribution in [3.8, 4) is 0 Å². The van der Waals surface area contributed by atoms with Crippen molar-refractivity contribution in [3.05, 3.63) is 35.4 Å². The smallest absolute Gasteiger partial charge is 0.252 e. The minimum absolute atomic E-state index is 0.172. The minimum Gasteiger partial charge on any atom is -0.355 e. The summed E-state index contributed by atoms with van der Waals surface area (Å²) in [7, 11) is 0. The average molecular weight is 234 g/mol. The second-order valence-corrected chi connectivity index (χ2v) is 3.90. The van der Waals surface area contributed by atoms with Crippen LogP contribution < -0.4 is 10.6 Å². The number of benzene rings is 1. The predicted molar refractivity (Wildman–Crippen MR) is 66.8 cm³/mol. The van der Waals surface area contributed by atoms with Gasteiger partial charge in [0.15, 0.2) is 0 Å². The lowest BCUT2D eigenvalue weighted by Crippen LogP contribution is -2.44. The lowest BCUT2D eigenvalue weighted by atomic mass is 10.1. The molecule has 0 spiro atoms. The van der Waals surface area contributed by atoms with E-state index in [-0.39, 0.29) is 11.8 Å². The Labute approximate surface area is 101 Å². The van der Waals surface area contributed by atoms with Crippen molar-refractivity contribution >= 4 is 11.8 Å². The van der Waals surface area contributed by atoms with Crippen LogP contribution >= 0.6 is 0 Å². The van der Waals surface area contributed by atoms with E-state index < -0.39 is 6.04 Å². The van der Waals surface area contributed by atoms with Crippen LogP contribution in [0, 0.1) is 6.92 Å². The van der Waals surface area contributed by atoms with Crippen LogP contribution in [-0.2, 0) is 4.79 Å². The van der Waals surface area contributed by atoms with Crippen LogP contribution in [-0.4, -0.2) is 24.4 Å². The fourth-order valence-corrected chi connectivity index (χ4v) is 1.49. The highest BCUT2D eigenvalue weighted by atomic mass is 16.2. The van der Waals surface area contributed by atoms with E-state index in [1.54, 1.807) is 19.1 Å². The van der Waals surface area contributed by atoms with E-state index >= 15 is 0 Å². The fraction of sp³-hybridized carbons (Fsp3) is 0.385. The number of aryl methyl sites for hydroxylation is 1. The molecule has 92 valence electrons. The molecule has 0 heterocycles. The van der Waals surface area contributed by atoms with Crippen molar-refractivity contribution in [2.75, 3.05) is 6.54 Å². The van der Waals surface area contributed by atoms with Crippen LogP contribution in [0.3, 0.4) is 0 Å². The highest BCUT2D eigenvalue weighted by molar-refractivity contribution is 5.98. The summed E-state index contributed by atoms with van der Waals surface area (Å²) in [5.41, 5.74) is 1.50. The first-order valence-electron chi connectivity index (χ1n) is 5.70. The monoisotopic (exact) mass is 234 g/mol. The molecule has 1 aromatic carbocycles. The Morgan fingerprint density at radius 1 is 1.29 bits per heavy atom. The molecule has 4 heteroatoms. The van der Waals surface area contributed by atoms with Crippen molar-refractivity contribution in [1.82, 2.24) is 10.6 Å². The maximum Gasteiger partial charge on any atom is 0.252 e. The fourth-order valence-electron chi connectivity index (χ4n) is 1.49. The molecule has 0 aliphatic rings. The number of amides is 2. The van der Waals surface area contributed by atoms with E-state index in [1.165, 1.54) is 0 Å². The summed E-state index contributed by atoms with van der Waals surface area (Å²) in [6.07, 6.45) is 0. The van der Waals surface area contributed by atoms with Crippen molar-refractivity contribution in [2.45, 2.75) is 26.8 Å². The molecule has 0 aliphatic heterocycles. The van der Waals surface area contributed by atoms with Gasteiger partial charge in [-0.3, -0.25) is 9.59 Å². The van der Waals surface area contributed by atoms with E-state index in [0.29, 0.717) is 12.1 Å². The summed E-state index contributed by atoms with van der Waals surface area (Å²) in [5.74, 6) is -0.392. The second-order valence-electron chi connectivity index (χ2n) is 3.90. The Morgan fingerprint density at radius 2 is 1.94 bits per heavy atom. The summed E-state index contributed by atoms with van der Waals surface area (Å²) in [6.45, 7) is 5.93. The van der Waals surface area contributed by atoms with Gasteiger partial charge in [-0.25, -0.2) is 0 Å². The molecule has 0 bridgehead atoms. The van der Waals surface area contributed by atoms with Crippen LogP contribution in [0.2, 0.25) is 0 Å². The lowest BCUT2D eigenvalue weighted by molar-refractivity contribution is -0.122. The molecule has 0 fully saturated rings. The van der Waals surface area contributed by atoms with Gasteiger partial charge in [-0.2, -0.15) is 0 Å². The van der Waals surface area contributed by atoms with E-state index in [0.717, 1.165) is 5.56 Å². The van der Waals surface area contributed by atoms with Gasteiger partial charge in [0.25, 0.3) is 5.91 Å². The molecule has 0 unspecified atom stereocenters. The molecular weight excluding hydrogens is 216 g/mol. The maximum absolute atomic E-state index is 11.9. The number of carbonyl (C=O) groups is 2. The molecule has 2 amide bonds. The molecule has 1 aromatic rings.